The van der Waals surface area contributed by atoms with E-state index in [1.807, 2.05) is 26.8 Å². The molecule has 0 aliphatic heterocycles. The fourth-order valence-electron chi connectivity index (χ4n) is 2.42. The molecule has 0 aromatic heterocycles. The van der Waals surface area contributed by atoms with E-state index in [-0.39, 0.29) is 5.75 Å². The van der Waals surface area contributed by atoms with Crippen LogP contribution in [-0.2, 0) is 6.18 Å². The van der Waals surface area contributed by atoms with Gasteiger partial charge >= 0.3 is 6.18 Å². The summed E-state index contributed by atoms with van der Waals surface area (Å²) in [7, 11) is 0. The van der Waals surface area contributed by atoms with Crippen molar-refractivity contribution in [3.05, 3.63) is 52.8 Å². The van der Waals surface area contributed by atoms with Gasteiger partial charge in [0.15, 0.2) is 0 Å². The molecule has 3 nitrogen and oxygen atoms in total. The lowest BCUT2D eigenvalue weighted by Crippen LogP contribution is -2.09. The minimum atomic E-state index is -4.78. The molecule has 1 N–H and O–H groups in total. The summed E-state index contributed by atoms with van der Waals surface area (Å²) >= 11 is 0. The van der Waals surface area contributed by atoms with Crippen LogP contribution in [0.2, 0.25) is 0 Å². The number of alkyl halides is 3. The summed E-state index contributed by atoms with van der Waals surface area (Å²) in [6.07, 6.45) is -4.78. The number of benzene rings is 2. The van der Waals surface area contributed by atoms with Gasteiger partial charge in [-0.25, -0.2) is 4.39 Å². The van der Waals surface area contributed by atoms with Gasteiger partial charge in [-0.15, -0.1) is 0 Å². The molecule has 2 aromatic carbocycles. The average molecular weight is 368 g/mol. The third kappa shape index (κ3) is 4.74. The molecule has 2 aromatic rings. The zero-order valence-electron chi connectivity index (χ0n) is 15.0. The Kier molecular flexibility index (Phi) is 5.90. The van der Waals surface area contributed by atoms with E-state index in [0.717, 1.165) is 28.7 Å². The predicted molar refractivity (Wildman–Crippen MR) is 94.7 cm³/mol. The monoisotopic (exact) mass is 368 g/mol. The lowest BCUT2D eigenvalue weighted by atomic mass is 10.1. The highest BCUT2D eigenvalue weighted by molar-refractivity contribution is 5.94. The SMILES string of the molecule is CCN=C(C)Nc1cc(C)c(Oc2ccc(F)c(C(F)(F)F)c2)cc1C. The molecule has 0 aliphatic rings. The van der Waals surface area contributed by atoms with Crippen molar-refractivity contribution in [3.63, 3.8) is 0 Å². The number of hydrogen-bond acceptors (Lipinski definition) is 2. The first-order valence-electron chi connectivity index (χ1n) is 8.05. The van der Waals surface area contributed by atoms with Crippen LogP contribution >= 0.6 is 0 Å². The Morgan fingerprint density at radius 1 is 1.12 bits per heavy atom. The van der Waals surface area contributed by atoms with Crippen LogP contribution in [0.15, 0.2) is 35.3 Å². The number of halogens is 4. The van der Waals surface area contributed by atoms with Crippen LogP contribution in [0.4, 0.5) is 23.2 Å². The number of amidine groups is 1. The molecule has 0 unspecified atom stereocenters. The Hall–Kier alpha value is -2.57. The molecule has 0 bridgehead atoms. The number of hydrogen-bond donors (Lipinski definition) is 1. The summed E-state index contributed by atoms with van der Waals surface area (Å²) in [6, 6.07) is 6.12. The maximum atomic E-state index is 13.4. The Balaban J connectivity index is 2.31. The van der Waals surface area contributed by atoms with Crippen molar-refractivity contribution in [2.45, 2.75) is 33.9 Å². The van der Waals surface area contributed by atoms with Gasteiger partial charge in [0, 0.05) is 12.2 Å². The Morgan fingerprint density at radius 3 is 2.42 bits per heavy atom. The Labute approximate surface area is 149 Å². The smallest absolute Gasteiger partial charge is 0.419 e. The highest BCUT2D eigenvalue weighted by Gasteiger charge is 2.34. The van der Waals surface area contributed by atoms with Crippen molar-refractivity contribution >= 4 is 11.5 Å². The summed E-state index contributed by atoms with van der Waals surface area (Å²) in [5.74, 6) is -0.247. The first-order valence-corrected chi connectivity index (χ1v) is 8.05. The quantitative estimate of drug-likeness (QED) is 0.402. The second kappa shape index (κ2) is 7.76. The molecule has 0 radical (unpaired) electrons. The molecule has 0 heterocycles. The van der Waals surface area contributed by atoms with E-state index in [4.69, 9.17) is 4.74 Å². The second-order valence-corrected chi connectivity index (χ2v) is 5.86. The summed E-state index contributed by atoms with van der Waals surface area (Å²) in [5, 5.41) is 3.18. The lowest BCUT2D eigenvalue weighted by molar-refractivity contribution is -0.140. The van der Waals surface area contributed by atoms with Gasteiger partial charge in [0.05, 0.1) is 11.4 Å². The molecule has 0 amide bonds. The van der Waals surface area contributed by atoms with E-state index >= 15 is 0 Å². The molecule has 140 valence electrons. The van der Waals surface area contributed by atoms with E-state index < -0.39 is 17.6 Å². The molecule has 0 saturated carbocycles. The topological polar surface area (TPSA) is 33.6 Å². The summed E-state index contributed by atoms with van der Waals surface area (Å²) < 4.78 is 57.5. The average Bonchev–Trinajstić information content (AvgIpc) is 2.53. The Morgan fingerprint density at radius 2 is 1.81 bits per heavy atom. The van der Waals surface area contributed by atoms with Crippen molar-refractivity contribution in [1.82, 2.24) is 0 Å². The molecular formula is C19H20F4N2O. The van der Waals surface area contributed by atoms with Crippen LogP contribution in [0.1, 0.15) is 30.5 Å². The van der Waals surface area contributed by atoms with Crippen LogP contribution in [0, 0.1) is 19.7 Å². The van der Waals surface area contributed by atoms with Crippen LogP contribution in [0.25, 0.3) is 0 Å². The van der Waals surface area contributed by atoms with E-state index in [1.165, 1.54) is 6.07 Å². The van der Waals surface area contributed by atoms with E-state index in [0.29, 0.717) is 18.4 Å². The lowest BCUT2D eigenvalue weighted by Gasteiger charge is -2.15. The van der Waals surface area contributed by atoms with Crippen LogP contribution in [0.5, 0.6) is 11.5 Å². The number of nitrogens with one attached hydrogen (secondary N) is 1. The zero-order chi connectivity index (χ0) is 19.5. The standard InChI is InChI=1S/C19H20F4N2O/c1-5-24-13(4)25-17-8-12(3)18(9-11(17)2)26-14-6-7-16(20)15(10-14)19(21,22)23/h6-10H,5H2,1-4H3,(H,24,25). The number of rotatable bonds is 4. The first kappa shape index (κ1) is 19.8. The number of aliphatic imine (C=N–C) groups is 1. The van der Waals surface area contributed by atoms with E-state index in [9.17, 15) is 17.6 Å². The Bertz CT molecular complexity index is 829. The zero-order valence-corrected chi connectivity index (χ0v) is 15.0. The molecule has 0 aliphatic carbocycles. The predicted octanol–water partition coefficient (Wildman–Crippen LogP) is 6.10. The highest BCUT2D eigenvalue weighted by atomic mass is 19.4. The largest absolute Gasteiger partial charge is 0.457 e. The molecule has 0 spiro atoms. The summed E-state index contributed by atoms with van der Waals surface area (Å²) in [5.41, 5.74) is 1.04. The van der Waals surface area contributed by atoms with Crippen LogP contribution < -0.4 is 10.1 Å². The molecule has 26 heavy (non-hydrogen) atoms. The van der Waals surface area contributed by atoms with E-state index in [2.05, 4.69) is 10.3 Å². The van der Waals surface area contributed by atoms with Gasteiger partial charge < -0.3 is 10.1 Å². The number of aryl methyl sites for hydroxylation is 2. The second-order valence-electron chi connectivity index (χ2n) is 5.86. The minimum absolute atomic E-state index is 0.0781. The van der Waals surface area contributed by atoms with Gasteiger partial charge in [-0.05, 0) is 69.2 Å². The maximum Gasteiger partial charge on any atom is 0.419 e. The maximum absolute atomic E-state index is 13.4. The van der Waals surface area contributed by atoms with Crippen molar-refractivity contribution < 1.29 is 22.3 Å². The highest BCUT2D eigenvalue weighted by Crippen LogP contribution is 2.36. The van der Waals surface area contributed by atoms with Crippen molar-refractivity contribution in [2.24, 2.45) is 4.99 Å². The van der Waals surface area contributed by atoms with Gasteiger partial charge in [0.25, 0.3) is 0 Å². The third-order valence-corrected chi connectivity index (χ3v) is 3.70. The third-order valence-electron chi connectivity index (χ3n) is 3.70. The number of ether oxygens (including phenoxy) is 1. The fraction of sp³-hybridized carbons (Fsp3) is 0.316. The van der Waals surface area contributed by atoms with Crippen molar-refractivity contribution in [3.8, 4) is 11.5 Å². The molecule has 0 atom stereocenters. The molecule has 2 rings (SSSR count). The van der Waals surface area contributed by atoms with E-state index in [1.54, 1.807) is 13.0 Å². The van der Waals surface area contributed by atoms with Crippen molar-refractivity contribution in [1.29, 1.82) is 0 Å². The van der Waals surface area contributed by atoms with Gasteiger partial charge in [-0.1, -0.05) is 0 Å². The van der Waals surface area contributed by atoms with Gasteiger partial charge in [-0.2, -0.15) is 13.2 Å². The van der Waals surface area contributed by atoms with Crippen LogP contribution in [-0.4, -0.2) is 12.4 Å². The summed E-state index contributed by atoms with van der Waals surface area (Å²) in [6.45, 7) is 8.06. The van der Waals surface area contributed by atoms with Crippen LogP contribution in [0.3, 0.4) is 0 Å². The molecular weight excluding hydrogens is 348 g/mol. The van der Waals surface area contributed by atoms with Gasteiger partial charge in [-0.3, -0.25) is 4.99 Å². The number of nitrogens with zero attached hydrogens (tertiary/aromatic N) is 1. The first-order chi connectivity index (χ1) is 12.1. The summed E-state index contributed by atoms with van der Waals surface area (Å²) in [4.78, 5) is 4.25. The minimum Gasteiger partial charge on any atom is -0.457 e. The fourth-order valence-corrected chi connectivity index (χ4v) is 2.42. The van der Waals surface area contributed by atoms with Crippen molar-refractivity contribution in [2.75, 3.05) is 11.9 Å². The van der Waals surface area contributed by atoms with Gasteiger partial charge in [0.1, 0.15) is 17.3 Å². The number of anilines is 1. The molecule has 7 heteroatoms. The normalized spacial score (nSPS) is 12.2. The van der Waals surface area contributed by atoms with Gasteiger partial charge in [0.2, 0.25) is 0 Å². The molecule has 0 fully saturated rings. The molecule has 0 saturated heterocycles.